The van der Waals surface area contributed by atoms with Crippen molar-refractivity contribution in [1.82, 2.24) is 24.5 Å². The molecule has 0 atom stereocenters. The van der Waals surface area contributed by atoms with Crippen molar-refractivity contribution < 1.29 is 4.42 Å². The highest BCUT2D eigenvalue weighted by Crippen LogP contribution is 2.49. The van der Waals surface area contributed by atoms with E-state index in [4.69, 9.17) is 24.4 Å². The van der Waals surface area contributed by atoms with Crippen LogP contribution in [0.4, 0.5) is 17.3 Å². The average molecular weight is 681 g/mol. The van der Waals surface area contributed by atoms with Crippen LogP contribution in [0, 0.1) is 0 Å². The fourth-order valence-electron chi connectivity index (χ4n) is 7.60. The molecular weight excluding hydrogens is 653 g/mol. The van der Waals surface area contributed by atoms with Crippen molar-refractivity contribution in [2.75, 3.05) is 4.90 Å². The van der Waals surface area contributed by atoms with Gasteiger partial charge in [0.1, 0.15) is 11.2 Å². The SMILES string of the molecule is c1ccc(-c2nc(-c3ccc4oc5ccccc5c4c3)nc(-c3ccccc3N3c4ccccc4-c4ccccc4-n4c3nc3ccccc34)n2)cc1. The van der Waals surface area contributed by atoms with Crippen molar-refractivity contribution >= 4 is 50.3 Å². The van der Waals surface area contributed by atoms with Gasteiger partial charge in [0.25, 0.3) is 0 Å². The zero-order chi connectivity index (χ0) is 34.9. The molecule has 53 heavy (non-hydrogen) atoms. The van der Waals surface area contributed by atoms with Crippen LogP contribution in [0.5, 0.6) is 0 Å². The van der Waals surface area contributed by atoms with Gasteiger partial charge in [-0.25, -0.2) is 19.9 Å². The average Bonchev–Trinajstić information content (AvgIpc) is 3.76. The van der Waals surface area contributed by atoms with E-state index in [-0.39, 0.29) is 0 Å². The number of hydrogen-bond donors (Lipinski definition) is 0. The van der Waals surface area contributed by atoms with Crippen LogP contribution in [0.15, 0.2) is 174 Å². The summed E-state index contributed by atoms with van der Waals surface area (Å²) in [5, 5.41) is 2.07. The molecule has 0 saturated heterocycles. The molecule has 7 nitrogen and oxygen atoms in total. The molecule has 11 rings (SSSR count). The van der Waals surface area contributed by atoms with Crippen molar-refractivity contribution in [3.63, 3.8) is 0 Å². The molecule has 0 fully saturated rings. The van der Waals surface area contributed by atoms with Crippen molar-refractivity contribution in [3.05, 3.63) is 170 Å². The van der Waals surface area contributed by atoms with Gasteiger partial charge >= 0.3 is 0 Å². The second kappa shape index (κ2) is 11.6. The molecule has 1 aliphatic rings. The van der Waals surface area contributed by atoms with E-state index in [0.717, 1.165) is 83.8 Å². The monoisotopic (exact) mass is 680 g/mol. The number of para-hydroxylation sites is 6. The minimum Gasteiger partial charge on any atom is -0.456 e. The van der Waals surface area contributed by atoms with Crippen LogP contribution >= 0.6 is 0 Å². The predicted molar refractivity (Wildman–Crippen MR) is 212 cm³/mol. The Balaban J connectivity index is 1.17. The quantitative estimate of drug-likeness (QED) is 0.184. The Hall–Kier alpha value is -7.38. The summed E-state index contributed by atoms with van der Waals surface area (Å²) in [7, 11) is 0. The number of anilines is 3. The minimum atomic E-state index is 0.559. The highest BCUT2D eigenvalue weighted by atomic mass is 16.3. The molecule has 3 aromatic heterocycles. The number of furan rings is 1. The molecule has 1 aliphatic heterocycles. The van der Waals surface area contributed by atoms with Crippen LogP contribution in [-0.4, -0.2) is 24.5 Å². The third kappa shape index (κ3) is 4.61. The van der Waals surface area contributed by atoms with Gasteiger partial charge in [-0.05, 0) is 60.7 Å². The maximum Gasteiger partial charge on any atom is 0.220 e. The lowest BCUT2D eigenvalue weighted by atomic mass is 10.0. The second-order valence-corrected chi connectivity index (χ2v) is 13.1. The summed E-state index contributed by atoms with van der Waals surface area (Å²) in [5.74, 6) is 2.51. The van der Waals surface area contributed by atoms with Crippen LogP contribution in [0.25, 0.3) is 83.9 Å². The summed E-state index contributed by atoms with van der Waals surface area (Å²) < 4.78 is 8.42. The zero-order valence-corrected chi connectivity index (χ0v) is 28.3. The minimum absolute atomic E-state index is 0.559. The Kier molecular flexibility index (Phi) is 6.42. The first kappa shape index (κ1) is 29.4. The van der Waals surface area contributed by atoms with Crippen LogP contribution in [0.3, 0.4) is 0 Å². The summed E-state index contributed by atoms with van der Waals surface area (Å²) in [5.41, 5.74) is 11.5. The van der Waals surface area contributed by atoms with E-state index in [1.807, 2.05) is 72.8 Å². The number of hydrogen-bond acceptors (Lipinski definition) is 6. The predicted octanol–water partition coefficient (Wildman–Crippen LogP) is 11.6. The molecule has 7 aromatic carbocycles. The van der Waals surface area contributed by atoms with Crippen molar-refractivity contribution in [2.45, 2.75) is 0 Å². The van der Waals surface area contributed by atoms with Crippen molar-refractivity contribution in [2.24, 2.45) is 0 Å². The largest absolute Gasteiger partial charge is 0.456 e. The molecule has 248 valence electrons. The highest BCUT2D eigenvalue weighted by Gasteiger charge is 2.31. The van der Waals surface area contributed by atoms with Gasteiger partial charge in [-0.3, -0.25) is 9.47 Å². The van der Waals surface area contributed by atoms with E-state index in [2.05, 4.69) is 107 Å². The number of rotatable bonds is 4. The van der Waals surface area contributed by atoms with E-state index in [1.54, 1.807) is 0 Å². The summed E-state index contributed by atoms with van der Waals surface area (Å²) in [4.78, 5) is 23.0. The Labute approximate surface area is 304 Å². The van der Waals surface area contributed by atoms with E-state index in [0.29, 0.717) is 17.5 Å². The normalized spacial score (nSPS) is 12.1. The first-order chi connectivity index (χ1) is 26.3. The molecule has 0 bridgehead atoms. The standard InChI is InChI=1S/C46H28N6O/c1-2-14-29(15-3-1)43-48-44(30-26-27-42-35(28-30)33-18-7-13-25-41(33)53-42)50-45(49-43)34-19-6-11-23-39(34)51-37-21-9-4-16-31(37)32-17-5-10-22-38(32)52-40-24-12-8-20-36(40)47-46(51)52/h1-28H. The van der Waals surface area contributed by atoms with Gasteiger partial charge in [-0.2, -0.15) is 0 Å². The number of fused-ring (bicyclic) bond motifs is 10. The fraction of sp³-hybridized carbons (Fsp3) is 0. The second-order valence-electron chi connectivity index (χ2n) is 13.1. The number of nitrogens with zero attached hydrogens (tertiary/aromatic N) is 6. The van der Waals surface area contributed by atoms with E-state index < -0.39 is 0 Å². The van der Waals surface area contributed by atoms with Crippen molar-refractivity contribution in [3.8, 4) is 51.0 Å². The van der Waals surface area contributed by atoms with E-state index >= 15 is 0 Å². The highest BCUT2D eigenvalue weighted by molar-refractivity contribution is 6.06. The molecule has 0 unspecified atom stereocenters. The van der Waals surface area contributed by atoms with E-state index in [9.17, 15) is 0 Å². The lowest BCUT2D eigenvalue weighted by molar-refractivity contribution is 0.669. The first-order valence-corrected chi connectivity index (χ1v) is 17.6. The third-order valence-corrected chi connectivity index (χ3v) is 10.0. The zero-order valence-electron chi connectivity index (χ0n) is 28.3. The molecule has 0 aliphatic carbocycles. The molecule has 0 N–H and O–H groups in total. The molecule has 7 heteroatoms. The molecule has 10 aromatic rings. The smallest absolute Gasteiger partial charge is 0.220 e. The molecule has 0 spiro atoms. The summed E-state index contributed by atoms with van der Waals surface area (Å²) in [6.07, 6.45) is 0. The Morgan fingerprint density at radius 1 is 0.396 bits per heavy atom. The van der Waals surface area contributed by atoms with Gasteiger partial charge in [0.2, 0.25) is 5.95 Å². The van der Waals surface area contributed by atoms with Crippen LogP contribution in [0.1, 0.15) is 0 Å². The van der Waals surface area contributed by atoms with Gasteiger partial charge in [0.05, 0.1) is 28.1 Å². The lowest BCUT2D eigenvalue weighted by Gasteiger charge is -2.26. The number of imidazole rings is 1. The van der Waals surface area contributed by atoms with Gasteiger partial charge in [-0.1, -0.05) is 109 Å². The molecule has 0 radical (unpaired) electrons. The summed E-state index contributed by atoms with van der Waals surface area (Å²) >= 11 is 0. The van der Waals surface area contributed by atoms with Crippen LogP contribution in [-0.2, 0) is 0 Å². The molecule has 4 heterocycles. The first-order valence-electron chi connectivity index (χ1n) is 17.6. The fourth-order valence-corrected chi connectivity index (χ4v) is 7.60. The lowest BCUT2D eigenvalue weighted by Crippen LogP contribution is -2.15. The van der Waals surface area contributed by atoms with Crippen LogP contribution in [0.2, 0.25) is 0 Å². The molecule has 0 amide bonds. The van der Waals surface area contributed by atoms with Crippen molar-refractivity contribution in [1.29, 1.82) is 0 Å². The van der Waals surface area contributed by atoms with Crippen LogP contribution < -0.4 is 4.90 Å². The third-order valence-electron chi connectivity index (χ3n) is 10.0. The van der Waals surface area contributed by atoms with Gasteiger partial charge in [0.15, 0.2) is 17.5 Å². The Morgan fingerprint density at radius 2 is 0.981 bits per heavy atom. The van der Waals surface area contributed by atoms with E-state index in [1.165, 1.54) is 0 Å². The summed E-state index contributed by atoms with van der Waals surface area (Å²) in [6, 6.07) is 58.0. The Bertz CT molecular complexity index is 3040. The molecule has 0 saturated carbocycles. The van der Waals surface area contributed by atoms with Gasteiger partial charge < -0.3 is 4.42 Å². The maximum absolute atomic E-state index is 6.16. The Morgan fingerprint density at radius 3 is 1.81 bits per heavy atom. The molecular formula is C46H28N6O. The topological polar surface area (TPSA) is 72.9 Å². The number of benzene rings is 7. The number of aromatic nitrogens is 5. The maximum atomic E-state index is 6.16. The summed E-state index contributed by atoms with van der Waals surface area (Å²) in [6.45, 7) is 0. The van der Waals surface area contributed by atoms with Gasteiger partial charge in [-0.15, -0.1) is 0 Å². The van der Waals surface area contributed by atoms with Gasteiger partial charge in [0, 0.05) is 38.6 Å².